The summed E-state index contributed by atoms with van der Waals surface area (Å²) in [5.41, 5.74) is 2.35. The molecule has 0 spiro atoms. The molecule has 3 aromatic heterocycles. The van der Waals surface area contributed by atoms with Crippen molar-refractivity contribution in [1.29, 1.82) is 0 Å². The smallest absolute Gasteiger partial charge is 0.258 e. The van der Waals surface area contributed by atoms with Crippen molar-refractivity contribution in [2.45, 2.75) is 19.9 Å². The van der Waals surface area contributed by atoms with E-state index in [9.17, 15) is 4.79 Å². The summed E-state index contributed by atoms with van der Waals surface area (Å²) in [4.78, 5) is 30.2. The first-order valence-electron chi connectivity index (χ1n) is 9.08. The molecule has 0 atom stereocenters. The van der Waals surface area contributed by atoms with Gasteiger partial charge in [-0.3, -0.25) is 14.1 Å². The first-order chi connectivity index (χ1) is 13.1. The molecule has 0 aromatic carbocycles. The van der Waals surface area contributed by atoms with E-state index in [-0.39, 0.29) is 5.56 Å². The lowest BCUT2D eigenvalue weighted by atomic mass is 10.2. The lowest BCUT2D eigenvalue weighted by molar-refractivity contribution is 0.246. The van der Waals surface area contributed by atoms with Crippen LogP contribution in [0.5, 0.6) is 0 Å². The van der Waals surface area contributed by atoms with Gasteiger partial charge in [0.1, 0.15) is 17.8 Å². The molecule has 1 aliphatic rings. The van der Waals surface area contributed by atoms with Gasteiger partial charge >= 0.3 is 0 Å². The molecule has 3 aromatic rings. The van der Waals surface area contributed by atoms with Gasteiger partial charge < -0.3 is 4.90 Å². The minimum atomic E-state index is -0.107. The summed E-state index contributed by atoms with van der Waals surface area (Å²) in [5, 5.41) is 0.520. The van der Waals surface area contributed by atoms with E-state index in [0.29, 0.717) is 17.2 Å². The monoisotopic (exact) mass is 384 g/mol. The highest BCUT2D eigenvalue weighted by Gasteiger charge is 2.19. The van der Waals surface area contributed by atoms with E-state index in [4.69, 9.17) is 11.6 Å². The third-order valence-corrected chi connectivity index (χ3v) is 5.05. The molecular weight excluding hydrogens is 364 g/mol. The van der Waals surface area contributed by atoms with E-state index < -0.39 is 0 Å². The van der Waals surface area contributed by atoms with Crippen molar-refractivity contribution < 1.29 is 0 Å². The second-order valence-electron chi connectivity index (χ2n) is 6.65. The van der Waals surface area contributed by atoms with E-state index in [0.717, 1.165) is 49.8 Å². The Morgan fingerprint density at radius 3 is 2.67 bits per heavy atom. The zero-order chi connectivity index (χ0) is 18.8. The number of aromatic nitrogens is 4. The van der Waals surface area contributed by atoms with E-state index in [1.54, 1.807) is 30.7 Å². The Balaban J connectivity index is 1.44. The molecule has 0 amide bonds. The lowest BCUT2D eigenvalue weighted by Gasteiger charge is -2.35. The van der Waals surface area contributed by atoms with Crippen LogP contribution in [-0.4, -0.2) is 50.4 Å². The standard InChI is InChI=1S/C19H21ClN6O/c1-2-15-9-18(22-13-21-15)25-7-5-24(6-8-25)12-16-10-19(27)26-11-14(20)3-4-17(26)23-16/h3-4,9-11,13H,2,5-8,12H2,1H3. The molecule has 1 saturated heterocycles. The van der Waals surface area contributed by atoms with E-state index >= 15 is 0 Å². The number of pyridine rings is 1. The van der Waals surface area contributed by atoms with E-state index in [2.05, 4.69) is 37.7 Å². The molecule has 140 valence electrons. The number of anilines is 1. The zero-order valence-corrected chi connectivity index (χ0v) is 15.9. The van der Waals surface area contributed by atoms with Gasteiger partial charge in [-0.25, -0.2) is 15.0 Å². The van der Waals surface area contributed by atoms with Crippen molar-refractivity contribution in [2.24, 2.45) is 0 Å². The number of rotatable bonds is 4. The van der Waals surface area contributed by atoms with Crippen molar-refractivity contribution in [2.75, 3.05) is 31.1 Å². The van der Waals surface area contributed by atoms with Crippen LogP contribution in [0.4, 0.5) is 5.82 Å². The molecule has 27 heavy (non-hydrogen) atoms. The number of hydrogen-bond acceptors (Lipinski definition) is 6. The molecule has 8 heteroatoms. The largest absolute Gasteiger partial charge is 0.354 e. The van der Waals surface area contributed by atoms with Gasteiger partial charge in [0.2, 0.25) is 0 Å². The first kappa shape index (κ1) is 17.9. The number of hydrogen-bond donors (Lipinski definition) is 0. The maximum Gasteiger partial charge on any atom is 0.258 e. The Hall–Kier alpha value is -2.51. The zero-order valence-electron chi connectivity index (χ0n) is 15.2. The van der Waals surface area contributed by atoms with Crippen LogP contribution < -0.4 is 10.5 Å². The number of nitrogens with zero attached hydrogens (tertiary/aromatic N) is 6. The average Bonchev–Trinajstić information content (AvgIpc) is 2.69. The quantitative estimate of drug-likeness (QED) is 0.685. The minimum absolute atomic E-state index is 0.107. The number of fused-ring (bicyclic) bond motifs is 1. The third kappa shape index (κ3) is 3.94. The fourth-order valence-corrected chi connectivity index (χ4v) is 3.48. The van der Waals surface area contributed by atoms with Crippen molar-refractivity contribution in [3.05, 3.63) is 63.6 Å². The minimum Gasteiger partial charge on any atom is -0.354 e. The second kappa shape index (κ2) is 7.62. The van der Waals surface area contributed by atoms with Crippen LogP contribution >= 0.6 is 11.6 Å². The Morgan fingerprint density at radius 2 is 1.89 bits per heavy atom. The van der Waals surface area contributed by atoms with Crippen LogP contribution in [0.25, 0.3) is 5.65 Å². The van der Waals surface area contributed by atoms with Crippen LogP contribution in [0.1, 0.15) is 18.3 Å². The van der Waals surface area contributed by atoms with Gasteiger partial charge in [0.05, 0.1) is 10.7 Å². The van der Waals surface area contributed by atoms with Crippen molar-refractivity contribution in [1.82, 2.24) is 24.3 Å². The molecule has 0 bridgehead atoms. The predicted octanol–water partition coefficient (Wildman–Crippen LogP) is 2.02. The molecule has 0 saturated carbocycles. The van der Waals surface area contributed by atoms with Gasteiger partial charge in [-0.15, -0.1) is 0 Å². The topological polar surface area (TPSA) is 66.6 Å². The predicted molar refractivity (Wildman–Crippen MR) is 105 cm³/mol. The summed E-state index contributed by atoms with van der Waals surface area (Å²) in [6, 6.07) is 7.17. The summed E-state index contributed by atoms with van der Waals surface area (Å²) in [6.45, 7) is 6.33. The molecule has 4 rings (SSSR count). The van der Waals surface area contributed by atoms with E-state index in [1.807, 2.05) is 0 Å². The van der Waals surface area contributed by atoms with Crippen molar-refractivity contribution >= 4 is 23.1 Å². The van der Waals surface area contributed by atoms with Gasteiger partial charge in [0.15, 0.2) is 0 Å². The summed E-state index contributed by atoms with van der Waals surface area (Å²) in [5.74, 6) is 0.987. The molecule has 0 aliphatic carbocycles. The SMILES string of the molecule is CCc1cc(N2CCN(Cc3cc(=O)n4cc(Cl)ccc4n3)CC2)ncn1. The molecule has 7 nitrogen and oxygen atoms in total. The van der Waals surface area contributed by atoms with Gasteiger partial charge in [-0.1, -0.05) is 18.5 Å². The molecule has 4 heterocycles. The Bertz CT molecular complexity index is 1010. The Morgan fingerprint density at radius 1 is 1.07 bits per heavy atom. The van der Waals surface area contributed by atoms with Gasteiger partial charge in [0.25, 0.3) is 5.56 Å². The molecule has 0 N–H and O–H groups in total. The van der Waals surface area contributed by atoms with Crippen LogP contribution in [0.15, 0.2) is 41.6 Å². The summed E-state index contributed by atoms with van der Waals surface area (Å²) in [6.07, 6.45) is 4.14. The van der Waals surface area contributed by atoms with Gasteiger partial charge in [-0.05, 0) is 18.6 Å². The number of halogens is 1. The fourth-order valence-electron chi connectivity index (χ4n) is 3.32. The Kier molecular flexibility index (Phi) is 5.05. The molecule has 0 radical (unpaired) electrons. The van der Waals surface area contributed by atoms with E-state index in [1.165, 1.54) is 4.40 Å². The molecule has 0 unspecified atom stereocenters. The molecular formula is C19H21ClN6O. The summed E-state index contributed by atoms with van der Waals surface area (Å²) >= 11 is 5.96. The second-order valence-corrected chi connectivity index (χ2v) is 7.08. The summed E-state index contributed by atoms with van der Waals surface area (Å²) < 4.78 is 1.48. The molecule has 1 fully saturated rings. The lowest BCUT2D eigenvalue weighted by Crippen LogP contribution is -2.46. The Labute approximate surface area is 162 Å². The van der Waals surface area contributed by atoms with Crippen LogP contribution in [0, 0.1) is 0 Å². The maximum atomic E-state index is 12.3. The number of piperazine rings is 1. The van der Waals surface area contributed by atoms with Crippen LogP contribution in [0.2, 0.25) is 5.02 Å². The molecule has 1 aliphatic heterocycles. The average molecular weight is 385 g/mol. The summed E-state index contributed by atoms with van der Waals surface area (Å²) in [7, 11) is 0. The maximum absolute atomic E-state index is 12.3. The fraction of sp³-hybridized carbons (Fsp3) is 0.368. The first-order valence-corrected chi connectivity index (χ1v) is 9.46. The normalized spacial score (nSPS) is 15.4. The van der Waals surface area contributed by atoms with Gasteiger partial charge in [-0.2, -0.15) is 0 Å². The number of aryl methyl sites for hydroxylation is 1. The highest BCUT2D eigenvalue weighted by molar-refractivity contribution is 6.30. The third-order valence-electron chi connectivity index (χ3n) is 4.83. The van der Waals surface area contributed by atoms with Crippen LogP contribution in [-0.2, 0) is 13.0 Å². The highest BCUT2D eigenvalue weighted by atomic mass is 35.5. The van der Waals surface area contributed by atoms with Crippen LogP contribution in [0.3, 0.4) is 0 Å². The van der Waals surface area contributed by atoms with Gasteiger partial charge in [0, 0.05) is 56.7 Å². The van der Waals surface area contributed by atoms with Crippen molar-refractivity contribution in [3.8, 4) is 0 Å². The van der Waals surface area contributed by atoms with Crippen molar-refractivity contribution in [3.63, 3.8) is 0 Å². The highest BCUT2D eigenvalue weighted by Crippen LogP contribution is 2.15.